The highest BCUT2D eigenvalue weighted by Crippen LogP contribution is 2.49. The van der Waals surface area contributed by atoms with Crippen molar-refractivity contribution in [3.8, 4) is 11.5 Å². The third kappa shape index (κ3) is 3.17. The summed E-state index contributed by atoms with van der Waals surface area (Å²) in [6.07, 6.45) is 6.21. The number of ether oxygens (including phenoxy) is 2. The van der Waals surface area contributed by atoms with E-state index in [1.807, 2.05) is 18.2 Å². The number of rotatable bonds is 5. The second-order valence-corrected chi connectivity index (χ2v) is 7.47. The number of carbonyl (C=O) groups excluding carboxylic acids is 1. The van der Waals surface area contributed by atoms with E-state index < -0.39 is 0 Å². The number of urea groups is 1. The topological polar surface area (TPSA) is 59.6 Å². The summed E-state index contributed by atoms with van der Waals surface area (Å²) in [5.41, 5.74) is 1.14. The molecule has 2 bridgehead atoms. The third-order valence-corrected chi connectivity index (χ3v) is 5.93. The zero-order valence-corrected chi connectivity index (χ0v) is 14.2. The maximum Gasteiger partial charge on any atom is 0.315 e. The zero-order valence-electron chi connectivity index (χ0n) is 14.2. The van der Waals surface area contributed by atoms with Gasteiger partial charge in [-0.05, 0) is 68.1 Å². The average Bonchev–Trinajstić information content (AvgIpc) is 3.30. The Bertz CT molecular complexity index is 619. The second-order valence-electron chi connectivity index (χ2n) is 7.47. The maximum absolute atomic E-state index is 12.1. The van der Waals surface area contributed by atoms with Crippen LogP contribution < -0.4 is 20.1 Å². The Hall–Kier alpha value is -1.91. The van der Waals surface area contributed by atoms with Gasteiger partial charge in [0.15, 0.2) is 11.5 Å². The lowest BCUT2D eigenvalue weighted by Gasteiger charge is -2.28. The number of hydrogen-bond acceptors (Lipinski definition) is 3. The van der Waals surface area contributed by atoms with Crippen molar-refractivity contribution in [2.24, 2.45) is 17.8 Å². The van der Waals surface area contributed by atoms with Gasteiger partial charge in [-0.3, -0.25) is 0 Å². The van der Waals surface area contributed by atoms with Crippen LogP contribution in [0.25, 0.3) is 0 Å². The van der Waals surface area contributed by atoms with Crippen LogP contribution in [0.4, 0.5) is 4.79 Å². The Labute approximate surface area is 143 Å². The predicted octanol–water partition coefficient (Wildman–Crippen LogP) is 3.08. The summed E-state index contributed by atoms with van der Waals surface area (Å²) in [7, 11) is 0. The van der Waals surface area contributed by atoms with E-state index in [2.05, 4.69) is 17.6 Å². The zero-order chi connectivity index (χ0) is 16.5. The molecule has 2 fully saturated rings. The van der Waals surface area contributed by atoms with Crippen molar-refractivity contribution in [3.05, 3.63) is 23.8 Å². The maximum atomic E-state index is 12.1. The fraction of sp³-hybridized carbons (Fsp3) is 0.632. The van der Waals surface area contributed by atoms with E-state index in [4.69, 9.17) is 9.47 Å². The number of fused-ring (bicyclic) bond motifs is 3. The van der Waals surface area contributed by atoms with Gasteiger partial charge in [0.2, 0.25) is 6.79 Å². The van der Waals surface area contributed by atoms with Crippen molar-refractivity contribution >= 4 is 6.03 Å². The molecule has 1 aromatic carbocycles. The van der Waals surface area contributed by atoms with Crippen LogP contribution in [0.1, 0.15) is 38.2 Å². The predicted molar refractivity (Wildman–Crippen MR) is 91.2 cm³/mol. The van der Waals surface area contributed by atoms with E-state index in [-0.39, 0.29) is 12.1 Å². The van der Waals surface area contributed by atoms with Gasteiger partial charge in [-0.25, -0.2) is 4.79 Å². The van der Waals surface area contributed by atoms with Crippen LogP contribution in [0.5, 0.6) is 11.5 Å². The summed E-state index contributed by atoms with van der Waals surface area (Å²) in [6, 6.07) is 6.15. The number of amides is 2. The van der Waals surface area contributed by atoms with E-state index in [9.17, 15) is 4.79 Å². The molecule has 2 saturated carbocycles. The molecule has 2 N–H and O–H groups in total. The first-order valence-electron chi connectivity index (χ1n) is 9.12. The van der Waals surface area contributed by atoms with Crippen LogP contribution in [0.15, 0.2) is 18.2 Å². The van der Waals surface area contributed by atoms with Crippen molar-refractivity contribution in [1.82, 2.24) is 10.6 Å². The van der Waals surface area contributed by atoms with Gasteiger partial charge in [-0.2, -0.15) is 0 Å². The summed E-state index contributed by atoms with van der Waals surface area (Å²) >= 11 is 0. The molecule has 4 atom stereocenters. The molecule has 0 spiro atoms. The van der Waals surface area contributed by atoms with Gasteiger partial charge in [-0.15, -0.1) is 0 Å². The molecule has 24 heavy (non-hydrogen) atoms. The molecular weight excluding hydrogens is 304 g/mol. The molecule has 3 aliphatic rings. The van der Waals surface area contributed by atoms with Crippen molar-refractivity contribution in [2.45, 2.75) is 45.1 Å². The number of hydrogen-bond donors (Lipinski definition) is 2. The first-order valence-corrected chi connectivity index (χ1v) is 9.12. The Balaban J connectivity index is 1.21. The Kier molecular flexibility index (Phi) is 4.25. The molecule has 5 nitrogen and oxygen atoms in total. The van der Waals surface area contributed by atoms with Gasteiger partial charge < -0.3 is 20.1 Å². The van der Waals surface area contributed by atoms with E-state index in [1.165, 1.54) is 25.7 Å². The Morgan fingerprint density at radius 2 is 2.12 bits per heavy atom. The third-order valence-electron chi connectivity index (χ3n) is 5.93. The van der Waals surface area contributed by atoms with Crippen molar-refractivity contribution in [2.75, 3.05) is 13.3 Å². The number of nitrogens with one attached hydrogen (secondary N) is 2. The van der Waals surface area contributed by atoms with Gasteiger partial charge in [0.1, 0.15) is 0 Å². The molecule has 1 heterocycles. The van der Waals surface area contributed by atoms with Crippen LogP contribution in [0, 0.1) is 17.8 Å². The molecule has 4 unspecified atom stereocenters. The molecule has 0 saturated heterocycles. The summed E-state index contributed by atoms with van der Waals surface area (Å²) < 4.78 is 10.7. The van der Waals surface area contributed by atoms with Crippen LogP contribution >= 0.6 is 0 Å². The van der Waals surface area contributed by atoms with E-state index >= 15 is 0 Å². The smallest absolute Gasteiger partial charge is 0.315 e. The molecule has 0 radical (unpaired) electrons. The van der Waals surface area contributed by atoms with Crippen molar-refractivity contribution in [3.63, 3.8) is 0 Å². The van der Waals surface area contributed by atoms with Gasteiger partial charge in [0, 0.05) is 12.6 Å². The molecule has 130 valence electrons. The van der Waals surface area contributed by atoms with E-state index in [1.54, 1.807) is 0 Å². The Morgan fingerprint density at radius 1 is 1.25 bits per heavy atom. The van der Waals surface area contributed by atoms with Gasteiger partial charge in [-0.1, -0.05) is 12.5 Å². The number of benzene rings is 1. The first kappa shape index (κ1) is 15.6. The fourth-order valence-electron chi connectivity index (χ4n) is 4.69. The molecule has 2 aliphatic carbocycles. The van der Waals surface area contributed by atoms with Gasteiger partial charge >= 0.3 is 6.03 Å². The lowest BCUT2D eigenvalue weighted by molar-refractivity contribution is 0.174. The summed E-state index contributed by atoms with van der Waals surface area (Å²) in [4.78, 5) is 12.1. The average molecular weight is 330 g/mol. The molecule has 1 aromatic rings. The second kappa shape index (κ2) is 6.54. The van der Waals surface area contributed by atoms with E-state index in [0.29, 0.717) is 19.3 Å². The first-order chi connectivity index (χ1) is 11.7. The largest absolute Gasteiger partial charge is 0.454 e. The van der Waals surface area contributed by atoms with Crippen LogP contribution in [-0.2, 0) is 6.42 Å². The highest BCUT2D eigenvalue weighted by Gasteiger charge is 2.42. The molecule has 2 amide bonds. The SMILES string of the molecule is CC(NC(=O)NCCc1ccc2c(c1)OCO2)C1CC2CCC1C2. The highest BCUT2D eigenvalue weighted by molar-refractivity contribution is 5.74. The molecular formula is C19H26N2O3. The van der Waals surface area contributed by atoms with Crippen molar-refractivity contribution in [1.29, 1.82) is 0 Å². The Morgan fingerprint density at radius 3 is 2.92 bits per heavy atom. The van der Waals surface area contributed by atoms with E-state index in [0.717, 1.165) is 35.3 Å². The summed E-state index contributed by atoms with van der Waals surface area (Å²) in [6.45, 7) is 3.07. The fourth-order valence-corrected chi connectivity index (χ4v) is 4.69. The van der Waals surface area contributed by atoms with Crippen LogP contribution in [0.2, 0.25) is 0 Å². The lowest BCUT2D eigenvalue weighted by Crippen LogP contribution is -2.45. The lowest BCUT2D eigenvalue weighted by atomic mass is 9.84. The number of carbonyl (C=O) groups is 1. The van der Waals surface area contributed by atoms with Gasteiger partial charge in [0.25, 0.3) is 0 Å². The molecule has 0 aromatic heterocycles. The summed E-state index contributed by atoms with van der Waals surface area (Å²) in [5.74, 6) is 4.01. The monoisotopic (exact) mass is 330 g/mol. The normalized spacial score (nSPS) is 28.0. The molecule has 4 rings (SSSR count). The summed E-state index contributed by atoms with van der Waals surface area (Å²) in [5, 5.41) is 6.12. The van der Waals surface area contributed by atoms with Crippen LogP contribution in [-0.4, -0.2) is 25.4 Å². The standard InChI is InChI=1S/C19H26N2O3/c1-12(16-9-14-2-4-15(16)8-14)21-19(22)20-7-6-13-3-5-17-18(10-13)24-11-23-17/h3,5,10,12,14-16H,2,4,6-9,11H2,1H3,(H2,20,21,22). The van der Waals surface area contributed by atoms with Crippen molar-refractivity contribution < 1.29 is 14.3 Å². The molecule has 1 aliphatic heterocycles. The van der Waals surface area contributed by atoms with Gasteiger partial charge in [0.05, 0.1) is 0 Å². The molecule has 5 heteroatoms. The highest BCUT2D eigenvalue weighted by atomic mass is 16.7. The minimum atomic E-state index is -0.0500. The quantitative estimate of drug-likeness (QED) is 0.872. The minimum Gasteiger partial charge on any atom is -0.454 e. The minimum absolute atomic E-state index is 0.0500. The van der Waals surface area contributed by atoms with Crippen LogP contribution in [0.3, 0.4) is 0 Å².